The molecule has 0 radical (unpaired) electrons. The molecule has 3 heterocycles. The summed E-state index contributed by atoms with van der Waals surface area (Å²) >= 11 is 2.69. The monoisotopic (exact) mass is 382 g/mol. The van der Waals surface area contributed by atoms with Crippen LogP contribution in [0.25, 0.3) is 11.4 Å². The van der Waals surface area contributed by atoms with E-state index in [1.54, 1.807) is 23.8 Å². The Labute approximate surface area is 158 Å². The van der Waals surface area contributed by atoms with Crippen LogP contribution in [0.3, 0.4) is 0 Å². The van der Waals surface area contributed by atoms with Crippen molar-refractivity contribution in [2.24, 2.45) is 0 Å². The third-order valence-electron chi connectivity index (χ3n) is 3.87. The van der Waals surface area contributed by atoms with Crippen LogP contribution in [-0.4, -0.2) is 31.4 Å². The van der Waals surface area contributed by atoms with Gasteiger partial charge in [-0.3, -0.25) is 14.3 Å². The predicted molar refractivity (Wildman–Crippen MR) is 99.9 cm³/mol. The van der Waals surface area contributed by atoms with Gasteiger partial charge in [0.2, 0.25) is 5.91 Å². The number of pyridine rings is 1. The van der Waals surface area contributed by atoms with Gasteiger partial charge in [0.25, 0.3) is 0 Å². The maximum Gasteiger partial charge on any atom is 0.235 e. The Morgan fingerprint density at radius 1 is 1.42 bits per heavy atom. The summed E-state index contributed by atoms with van der Waals surface area (Å²) in [4.78, 5) is 16.4. The van der Waals surface area contributed by atoms with Gasteiger partial charge in [-0.05, 0) is 36.4 Å². The first kappa shape index (κ1) is 16.8. The lowest BCUT2D eigenvalue weighted by Crippen LogP contribution is -2.14. The Morgan fingerprint density at radius 3 is 3.04 bits per heavy atom. The molecule has 1 aliphatic rings. The Kier molecular flexibility index (Phi) is 4.69. The number of thioether (sulfide) groups is 1. The van der Waals surface area contributed by atoms with Gasteiger partial charge >= 0.3 is 0 Å². The number of hydrogen-bond donors (Lipinski definition) is 1. The van der Waals surface area contributed by atoms with Crippen LogP contribution in [0.5, 0.6) is 0 Å². The fraction of sp³-hybridized carbons (Fsp3) is 0.235. The highest BCUT2D eigenvalue weighted by Crippen LogP contribution is 2.40. The van der Waals surface area contributed by atoms with E-state index >= 15 is 0 Å². The molecule has 3 aromatic heterocycles. The molecule has 130 valence electrons. The molecule has 26 heavy (non-hydrogen) atoms. The van der Waals surface area contributed by atoms with Crippen molar-refractivity contribution < 1.29 is 4.79 Å². The predicted octanol–water partition coefficient (Wildman–Crippen LogP) is 3.34. The first-order valence-electron chi connectivity index (χ1n) is 8.02. The number of rotatable bonds is 6. The molecule has 7 nitrogen and oxygen atoms in total. The maximum atomic E-state index is 12.2. The molecule has 0 aliphatic heterocycles. The average Bonchev–Trinajstić information content (AvgIpc) is 3.26. The molecule has 1 aliphatic carbocycles. The summed E-state index contributed by atoms with van der Waals surface area (Å²) in [5.74, 6) is 0.830. The van der Waals surface area contributed by atoms with Crippen LogP contribution in [0.2, 0.25) is 0 Å². The van der Waals surface area contributed by atoms with Crippen LogP contribution in [0, 0.1) is 11.3 Å². The molecule has 0 unspecified atom stereocenters. The number of nitrogens with zero attached hydrogens (tertiary/aromatic N) is 5. The molecule has 1 amide bonds. The van der Waals surface area contributed by atoms with E-state index in [-0.39, 0.29) is 11.7 Å². The van der Waals surface area contributed by atoms with Gasteiger partial charge in [-0.1, -0.05) is 11.8 Å². The molecule has 3 aromatic rings. The van der Waals surface area contributed by atoms with Gasteiger partial charge in [0.1, 0.15) is 11.1 Å². The van der Waals surface area contributed by atoms with E-state index in [4.69, 9.17) is 5.26 Å². The van der Waals surface area contributed by atoms with Crippen molar-refractivity contribution >= 4 is 34.0 Å². The van der Waals surface area contributed by atoms with Crippen molar-refractivity contribution in [1.29, 1.82) is 5.26 Å². The number of amides is 1. The van der Waals surface area contributed by atoms with Gasteiger partial charge in [0.05, 0.1) is 11.3 Å². The summed E-state index contributed by atoms with van der Waals surface area (Å²) in [7, 11) is 0. The third-order valence-corrected chi connectivity index (χ3v) is 5.64. The average molecular weight is 382 g/mol. The molecule has 0 aromatic carbocycles. The third kappa shape index (κ3) is 3.47. The summed E-state index contributed by atoms with van der Waals surface area (Å²) < 4.78 is 2.10. The van der Waals surface area contributed by atoms with Crippen molar-refractivity contribution in [2.75, 3.05) is 11.1 Å². The summed E-state index contributed by atoms with van der Waals surface area (Å²) in [6.45, 7) is 0. The zero-order valence-electron chi connectivity index (χ0n) is 13.6. The zero-order valence-corrected chi connectivity index (χ0v) is 15.3. The number of anilines is 1. The minimum absolute atomic E-state index is 0.165. The van der Waals surface area contributed by atoms with Gasteiger partial charge in [-0.25, -0.2) is 0 Å². The van der Waals surface area contributed by atoms with Gasteiger partial charge < -0.3 is 5.32 Å². The number of thiophene rings is 1. The first-order valence-corrected chi connectivity index (χ1v) is 9.88. The van der Waals surface area contributed by atoms with Crippen LogP contribution < -0.4 is 5.32 Å². The van der Waals surface area contributed by atoms with E-state index in [0.717, 1.165) is 29.4 Å². The van der Waals surface area contributed by atoms with Crippen LogP contribution in [0.15, 0.2) is 41.1 Å². The quantitative estimate of drug-likeness (QED) is 0.657. The summed E-state index contributed by atoms with van der Waals surface area (Å²) in [5, 5.41) is 23.5. The van der Waals surface area contributed by atoms with Crippen LogP contribution in [-0.2, 0) is 4.79 Å². The van der Waals surface area contributed by atoms with Crippen molar-refractivity contribution in [3.8, 4) is 17.5 Å². The van der Waals surface area contributed by atoms with Gasteiger partial charge in [0, 0.05) is 24.0 Å². The summed E-state index contributed by atoms with van der Waals surface area (Å²) in [6.07, 6.45) is 5.67. The number of nitriles is 1. The molecule has 9 heteroatoms. The Bertz CT molecular complexity index is 971. The number of nitrogens with one attached hydrogen (secondary N) is 1. The maximum absolute atomic E-state index is 12.2. The van der Waals surface area contributed by atoms with E-state index in [9.17, 15) is 4.79 Å². The minimum atomic E-state index is -0.165. The SMILES string of the molecule is N#Cc1ccsc1NC(=O)CSc1nnc(-c2cccnc2)n1C1CC1. The van der Waals surface area contributed by atoms with E-state index in [2.05, 4.69) is 31.1 Å². The molecule has 1 N–H and O–H groups in total. The van der Waals surface area contributed by atoms with E-state index in [1.807, 2.05) is 12.1 Å². The molecule has 0 saturated heterocycles. The molecule has 1 fully saturated rings. The molecule has 4 rings (SSSR count). The highest BCUT2D eigenvalue weighted by molar-refractivity contribution is 7.99. The number of hydrogen-bond acceptors (Lipinski definition) is 7. The Morgan fingerprint density at radius 2 is 2.31 bits per heavy atom. The van der Waals surface area contributed by atoms with E-state index < -0.39 is 0 Å². The van der Waals surface area contributed by atoms with Crippen molar-refractivity contribution in [3.63, 3.8) is 0 Å². The molecule has 1 saturated carbocycles. The number of carbonyl (C=O) groups excluding carboxylic acids is 1. The van der Waals surface area contributed by atoms with Crippen molar-refractivity contribution in [1.82, 2.24) is 19.7 Å². The Hall–Kier alpha value is -2.70. The van der Waals surface area contributed by atoms with E-state index in [0.29, 0.717) is 16.6 Å². The van der Waals surface area contributed by atoms with Crippen LogP contribution in [0.1, 0.15) is 24.4 Å². The molecular formula is C17H14N6OS2. The number of carbonyl (C=O) groups is 1. The second-order valence-electron chi connectivity index (χ2n) is 5.76. The fourth-order valence-corrected chi connectivity index (χ4v) is 4.08. The van der Waals surface area contributed by atoms with Crippen LogP contribution in [0.4, 0.5) is 5.00 Å². The van der Waals surface area contributed by atoms with Gasteiger partial charge in [0.15, 0.2) is 11.0 Å². The first-order chi connectivity index (χ1) is 12.8. The second kappa shape index (κ2) is 7.27. The molecule has 0 spiro atoms. The van der Waals surface area contributed by atoms with Gasteiger partial charge in [-0.15, -0.1) is 21.5 Å². The largest absolute Gasteiger partial charge is 0.316 e. The normalized spacial score (nSPS) is 13.3. The van der Waals surface area contributed by atoms with Crippen molar-refractivity contribution in [3.05, 3.63) is 41.5 Å². The smallest absolute Gasteiger partial charge is 0.235 e. The fourth-order valence-electron chi connectivity index (χ4n) is 2.52. The van der Waals surface area contributed by atoms with Gasteiger partial charge in [-0.2, -0.15) is 5.26 Å². The highest BCUT2D eigenvalue weighted by Gasteiger charge is 2.30. The summed E-state index contributed by atoms with van der Waals surface area (Å²) in [6, 6.07) is 7.97. The Balaban J connectivity index is 1.48. The lowest BCUT2D eigenvalue weighted by atomic mass is 10.3. The molecule has 0 bridgehead atoms. The minimum Gasteiger partial charge on any atom is -0.316 e. The van der Waals surface area contributed by atoms with Crippen molar-refractivity contribution in [2.45, 2.75) is 24.0 Å². The summed E-state index contributed by atoms with van der Waals surface area (Å²) in [5.41, 5.74) is 1.40. The highest BCUT2D eigenvalue weighted by atomic mass is 32.2. The molecular weight excluding hydrogens is 368 g/mol. The molecule has 0 atom stereocenters. The lowest BCUT2D eigenvalue weighted by Gasteiger charge is -2.08. The second-order valence-corrected chi connectivity index (χ2v) is 7.62. The van der Waals surface area contributed by atoms with Crippen LogP contribution >= 0.6 is 23.1 Å². The lowest BCUT2D eigenvalue weighted by molar-refractivity contribution is -0.113. The standard InChI is InChI=1S/C17H14N6OS2/c18-8-11-5-7-25-16(11)20-14(24)10-26-17-22-21-15(23(17)13-3-4-13)12-2-1-6-19-9-12/h1-2,5-7,9,13H,3-4,10H2,(H,20,24). The zero-order chi connectivity index (χ0) is 17.9. The van der Waals surface area contributed by atoms with E-state index in [1.165, 1.54) is 23.1 Å². The number of aromatic nitrogens is 4. The topological polar surface area (TPSA) is 96.5 Å².